The number of rotatable bonds is 2. The fourth-order valence-corrected chi connectivity index (χ4v) is 3.51. The van der Waals surface area contributed by atoms with Crippen LogP contribution in [0, 0.1) is 30.1 Å². The van der Waals surface area contributed by atoms with E-state index in [1.165, 1.54) is 6.42 Å². The van der Waals surface area contributed by atoms with Crippen molar-refractivity contribution < 1.29 is 4.74 Å². The van der Waals surface area contributed by atoms with Crippen LogP contribution in [0.4, 0.5) is 0 Å². The third-order valence-corrected chi connectivity index (χ3v) is 3.77. The number of hydrogen-bond donors (Lipinski definition) is 0. The fourth-order valence-electron chi connectivity index (χ4n) is 3.51. The van der Waals surface area contributed by atoms with Crippen LogP contribution in [0.3, 0.4) is 0 Å². The minimum atomic E-state index is 0.224. The van der Waals surface area contributed by atoms with Gasteiger partial charge in [0.15, 0.2) is 0 Å². The fraction of sp³-hybridized carbons (Fsp3) is 0.562. The highest BCUT2D eigenvalue weighted by molar-refractivity contribution is 5.37. The van der Waals surface area contributed by atoms with Gasteiger partial charge in [0.25, 0.3) is 0 Å². The molecule has 0 N–H and O–H groups in total. The van der Waals surface area contributed by atoms with Gasteiger partial charge in [0, 0.05) is 10.8 Å². The molecule has 2 heteroatoms. The summed E-state index contributed by atoms with van der Waals surface area (Å²) in [6, 6.07) is 1.98. The smallest absolute Gasteiger partial charge is 0.138 e. The maximum atomic E-state index is 6.13. The Morgan fingerprint density at radius 2 is 1.94 bits per heavy atom. The molecule has 0 saturated heterocycles. The zero-order chi connectivity index (χ0) is 13.6. The molecule has 1 aromatic heterocycles. The van der Waals surface area contributed by atoms with Gasteiger partial charge < -0.3 is 4.74 Å². The molecule has 0 spiro atoms. The molecule has 0 amide bonds. The van der Waals surface area contributed by atoms with Crippen molar-refractivity contribution in [1.29, 1.82) is 0 Å². The Hall–Kier alpha value is -1.49. The quantitative estimate of drug-likeness (QED) is 0.741. The van der Waals surface area contributed by atoms with Crippen molar-refractivity contribution in [2.75, 3.05) is 0 Å². The predicted octanol–water partition coefficient (Wildman–Crippen LogP) is 3.57. The molecule has 0 atom stereocenters. The Labute approximate surface area is 110 Å². The third kappa shape index (κ3) is 2.10. The summed E-state index contributed by atoms with van der Waals surface area (Å²) in [5.74, 6) is 3.39. The van der Waals surface area contributed by atoms with Crippen LogP contribution in [0.1, 0.15) is 45.4 Å². The van der Waals surface area contributed by atoms with E-state index in [9.17, 15) is 0 Å². The molecule has 1 saturated carbocycles. The molecule has 0 aliphatic heterocycles. The number of aryl methyl sites for hydroxylation is 1. The van der Waals surface area contributed by atoms with Gasteiger partial charge in [-0.3, -0.25) is 0 Å². The molecule has 2 rings (SSSR count). The van der Waals surface area contributed by atoms with E-state index in [2.05, 4.69) is 38.6 Å². The van der Waals surface area contributed by atoms with Crippen molar-refractivity contribution in [1.82, 2.24) is 4.98 Å². The van der Waals surface area contributed by atoms with Crippen molar-refractivity contribution >= 4 is 0 Å². The van der Waals surface area contributed by atoms with Crippen LogP contribution in [0.5, 0.6) is 5.75 Å². The number of ether oxygens (including phenoxy) is 1. The van der Waals surface area contributed by atoms with Crippen LogP contribution in [0.25, 0.3) is 0 Å². The number of aromatic nitrogens is 1. The molecule has 2 nitrogen and oxygen atoms in total. The molecule has 1 aliphatic carbocycles. The van der Waals surface area contributed by atoms with Gasteiger partial charge in [-0.2, -0.15) is 0 Å². The highest BCUT2D eigenvalue weighted by Crippen LogP contribution is 2.55. The third-order valence-electron chi connectivity index (χ3n) is 3.77. The molecule has 1 aromatic rings. The molecular weight excluding hydrogens is 222 g/mol. The molecule has 0 aromatic carbocycles. The predicted molar refractivity (Wildman–Crippen MR) is 73.5 cm³/mol. The first-order chi connectivity index (χ1) is 8.26. The molecular formula is C16H21NO. The summed E-state index contributed by atoms with van der Waals surface area (Å²) in [5, 5.41) is 0. The van der Waals surface area contributed by atoms with Gasteiger partial charge in [-0.15, -0.1) is 6.42 Å². The first-order valence-electron chi connectivity index (χ1n) is 6.36. The number of nitrogens with zero attached hydrogens (tertiary/aromatic N) is 1. The van der Waals surface area contributed by atoms with E-state index in [0.717, 1.165) is 11.3 Å². The Morgan fingerprint density at radius 3 is 2.39 bits per heavy atom. The van der Waals surface area contributed by atoms with Gasteiger partial charge in [-0.25, -0.2) is 4.98 Å². The Kier molecular flexibility index (Phi) is 2.89. The summed E-state index contributed by atoms with van der Waals surface area (Å²) in [4.78, 5) is 4.24. The molecule has 96 valence electrons. The summed E-state index contributed by atoms with van der Waals surface area (Å²) >= 11 is 0. The lowest BCUT2D eigenvalue weighted by atomic mass is 9.53. The minimum Gasteiger partial charge on any atom is -0.488 e. The SMILES string of the molecule is C#Cc1ncc(OC2C(C)(C)CC2(C)C)cc1C. The average Bonchev–Trinajstić information content (AvgIpc) is 2.24. The second-order valence-corrected chi connectivity index (χ2v) is 6.63. The standard InChI is InChI=1S/C16H21NO/c1-7-13-11(2)8-12(9-17-13)18-14-15(3,4)10-16(14,5)6/h1,8-9,14H,10H2,2-6H3. The average molecular weight is 243 g/mol. The maximum Gasteiger partial charge on any atom is 0.138 e. The van der Waals surface area contributed by atoms with Crippen LogP contribution >= 0.6 is 0 Å². The highest BCUT2D eigenvalue weighted by atomic mass is 16.5. The zero-order valence-electron chi connectivity index (χ0n) is 11.9. The van der Waals surface area contributed by atoms with Crippen molar-refractivity contribution in [3.05, 3.63) is 23.5 Å². The Balaban J connectivity index is 2.20. The van der Waals surface area contributed by atoms with E-state index in [1.807, 2.05) is 13.0 Å². The van der Waals surface area contributed by atoms with E-state index in [4.69, 9.17) is 11.2 Å². The zero-order valence-corrected chi connectivity index (χ0v) is 11.9. The molecule has 0 unspecified atom stereocenters. The Bertz CT molecular complexity index is 494. The summed E-state index contributed by atoms with van der Waals surface area (Å²) in [5.41, 5.74) is 2.13. The van der Waals surface area contributed by atoms with Crippen molar-refractivity contribution in [2.45, 2.75) is 47.1 Å². The molecule has 1 fully saturated rings. The lowest BCUT2D eigenvalue weighted by molar-refractivity contribution is -0.134. The monoisotopic (exact) mass is 243 g/mol. The second kappa shape index (κ2) is 4.02. The molecule has 18 heavy (non-hydrogen) atoms. The van der Waals surface area contributed by atoms with E-state index in [0.29, 0.717) is 5.69 Å². The summed E-state index contributed by atoms with van der Waals surface area (Å²) < 4.78 is 6.13. The number of hydrogen-bond acceptors (Lipinski definition) is 2. The molecule has 1 aliphatic rings. The highest BCUT2D eigenvalue weighted by Gasteiger charge is 2.54. The molecule has 0 radical (unpaired) electrons. The van der Waals surface area contributed by atoms with Crippen LogP contribution < -0.4 is 4.74 Å². The largest absolute Gasteiger partial charge is 0.488 e. The van der Waals surface area contributed by atoms with Gasteiger partial charge in [-0.05, 0) is 30.9 Å². The van der Waals surface area contributed by atoms with Crippen LogP contribution in [-0.4, -0.2) is 11.1 Å². The maximum absolute atomic E-state index is 6.13. The van der Waals surface area contributed by atoms with Crippen molar-refractivity contribution in [2.24, 2.45) is 10.8 Å². The lowest BCUT2D eigenvalue weighted by Crippen LogP contribution is -2.58. The topological polar surface area (TPSA) is 22.1 Å². The van der Waals surface area contributed by atoms with Gasteiger partial charge in [0.1, 0.15) is 17.5 Å². The second-order valence-electron chi connectivity index (χ2n) is 6.63. The van der Waals surface area contributed by atoms with Crippen LogP contribution in [0.15, 0.2) is 12.3 Å². The van der Waals surface area contributed by atoms with E-state index in [1.54, 1.807) is 6.20 Å². The number of pyridine rings is 1. The molecule has 1 heterocycles. The van der Waals surface area contributed by atoms with E-state index in [-0.39, 0.29) is 16.9 Å². The summed E-state index contributed by atoms with van der Waals surface area (Å²) in [6.07, 6.45) is 8.51. The Morgan fingerprint density at radius 1 is 1.33 bits per heavy atom. The van der Waals surface area contributed by atoms with Crippen molar-refractivity contribution in [3.63, 3.8) is 0 Å². The first kappa shape index (κ1) is 13.0. The van der Waals surface area contributed by atoms with Gasteiger partial charge in [0.05, 0.1) is 6.20 Å². The van der Waals surface area contributed by atoms with E-state index >= 15 is 0 Å². The minimum absolute atomic E-state index is 0.224. The normalized spacial score (nSPS) is 20.9. The van der Waals surface area contributed by atoms with Gasteiger partial charge in [0.2, 0.25) is 0 Å². The van der Waals surface area contributed by atoms with Crippen LogP contribution in [-0.2, 0) is 0 Å². The molecule has 0 bridgehead atoms. The summed E-state index contributed by atoms with van der Waals surface area (Å²) in [7, 11) is 0. The lowest BCUT2D eigenvalue weighted by Gasteiger charge is -2.56. The number of terminal acetylenes is 1. The van der Waals surface area contributed by atoms with Gasteiger partial charge in [-0.1, -0.05) is 27.7 Å². The van der Waals surface area contributed by atoms with Gasteiger partial charge >= 0.3 is 0 Å². The van der Waals surface area contributed by atoms with Crippen molar-refractivity contribution in [3.8, 4) is 18.1 Å². The summed E-state index contributed by atoms with van der Waals surface area (Å²) in [6.45, 7) is 11.0. The van der Waals surface area contributed by atoms with E-state index < -0.39 is 0 Å². The van der Waals surface area contributed by atoms with Crippen LogP contribution in [0.2, 0.25) is 0 Å². The first-order valence-corrected chi connectivity index (χ1v) is 6.36.